The van der Waals surface area contributed by atoms with Crippen molar-refractivity contribution in [3.05, 3.63) is 30.7 Å². The van der Waals surface area contributed by atoms with Gasteiger partial charge in [0.05, 0.1) is 5.69 Å². The summed E-state index contributed by atoms with van der Waals surface area (Å²) in [6.45, 7) is 1.49. The van der Waals surface area contributed by atoms with Gasteiger partial charge in [0, 0.05) is 38.1 Å². The van der Waals surface area contributed by atoms with E-state index in [1.165, 1.54) is 13.3 Å². The van der Waals surface area contributed by atoms with Crippen LogP contribution in [0, 0.1) is 0 Å². The summed E-state index contributed by atoms with van der Waals surface area (Å²) in [6, 6.07) is 0. The van der Waals surface area contributed by atoms with Gasteiger partial charge in [0.15, 0.2) is 11.6 Å². The van der Waals surface area contributed by atoms with Crippen LogP contribution in [0.15, 0.2) is 24.9 Å². The zero-order valence-electron chi connectivity index (χ0n) is 8.51. The summed E-state index contributed by atoms with van der Waals surface area (Å²) in [6.07, 6.45) is 6.58. The molecule has 0 fully saturated rings. The van der Waals surface area contributed by atoms with Crippen LogP contribution in [0.3, 0.4) is 0 Å². The number of aryl methyl sites for hydroxylation is 1. The number of rotatable bonds is 2. The smallest absolute Gasteiger partial charge is 0.195 e. The number of carbonyl (C=O) groups is 1. The van der Waals surface area contributed by atoms with Gasteiger partial charge in [-0.3, -0.25) is 4.79 Å². The maximum absolute atomic E-state index is 11.2. The maximum atomic E-state index is 11.2. The van der Waals surface area contributed by atoms with E-state index in [9.17, 15) is 4.79 Å². The average Bonchev–Trinajstić information content (AvgIpc) is 2.62. The first kappa shape index (κ1) is 9.51. The second-order valence-corrected chi connectivity index (χ2v) is 3.24. The average molecular weight is 202 g/mol. The molecule has 0 spiro atoms. The Morgan fingerprint density at radius 2 is 2.00 bits per heavy atom. The molecule has 5 heteroatoms. The molecular formula is C10H10N4O. The van der Waals surface area contributed by atoms with Gasteiger partial charge in [0.2, 0.25) is 0 Å². The number of Topliss-reactive ketones (excluding diaryl/α,β-unsaturated/α-hetero) is 1. The van der Waals surface area contributed by atoms with E-state index in [1.807, 2.05) is 0 Å². The minimum atomic E-state index is -0.0550. The molecule has 0 aliphatic heterocycles. The van der Waals surface area contributed by atoms with E-state index in [0.717, 1.165) is 5.56 Å². The fraction of sp³-hybridized carbons (Fsp3) is 0.200. The number of ketones is 1. The molecule has 0 aliphatic rings. The van der Waals surface area contributed by atoms with Gasteiger partial charge >= 0.3 is 0 Å². The minimum Gasteiger partial charge on any atom is -0.331 e. The molecule has 0 aliphatic carbocycles. The third-order valence-electron chi connectivity index (χ3n) is 2.05. The molecule has 0 amide bonds. The SMILES string of the molecule is CC(=O)c1nc(-c2cncnc2)cn1C. The van der Waals surface area contributed by atoms with Gasteiger partial charge in [0.25, 0.3) is 0 Å². The lowest BCUT2D eigenvalue weighted by Crippen LogP contribution is -2.01. The third kappa shape index (κ3) is 1.76. The van der Waals surface area contributed by atoms with Crippen LogP contribution >= 0.6 is 0 Å². The van der Waals surface area contributed by atoms with E-state index >= 15 is 0 Å². The zero-order valence-corrected chi connectivity index (χ0v) is 8.51. The van der Waals surface area contributed by atoms with Crippen LogP contribution in [-0.2, 0) is 7.05 Å². The molecule has 0 atom stereocenters. The van der Waals surface area contributed by atoms with E-state index < -0.39 is 0 Å². The number of carbonyl (C=O) groups excluding carboxylic acids is 1. The first-order chi connectivity index (χ1) is 7.18. The van der Waals surface area contributed by atoms with Crippen LogP contribution in [0.4, 0.5) is 0 Å². The van der Waals surface area contributed by atoms with Crippen molar-refractivity contribution >= 4 is 5.78 Å². The van der Waals surface area contributed by atoms with Gasteiger partial charge in [-0.05, 0) is 0 Å². The van der Waals surface area contributed by atoms with Crippen molar-refractivity contribution in [3.63, 3.8) is 0 Å². The van der Waals surface area contributed by atoms with Crippen LogP contribution in [0.5, 0.6) is 0 Å². The Labute approximate surface area is 86.8 Å². The number of nitrogens with zero attached hydrogens (tertiary/aromatic N) is 4. The van der Waals surface area contributed by atoms with Gasteiger partial charge in [-0.25, -0.2) is 15.0 Å². The second kappa shape index (κ2) is 3.61. The molecule has 2 aromatic rings. The molecule has 5 nitrogen and oxygen atoms in total. The van der Waals surface area contributed by atoms with Crippen molar-refractivity contribution in [2.24, 2.45) is 7.05 Å². The lowest BCUT2D eigenvalue weighted by molar-refractivity contribution is 0.100. The minimum absolute atomic E-state index is 0.0550. The van der Waals surface area contributed by atoms with Gasteiger partial charge < -0.3 is 4.57 Å². The van der Waals surface area contributed by atoms with Crippen LogP contribution in [-0.4, -0.2) is 25.3 Å². The quantitative estimate of drug-likeness (QED) is 0.683. The summed E-state index contributed by atoms with van der Waals surface area (Å²) in [7, 11) is 1.79. The standard InChI is InChI=1S/C10H10N4O/c1-7(15)10-13-9(5-14(10)2)8-3-11-6-12-4-8/h3-6H,1-2H3. The molecule has 0 unspecified atom stereocenters. The Hall–Kier alpha value is -2.04. The largest absolute Gasteiger partial charge is 0.331 e. The van der Waals surface area contributed by atoms with Gasteiger partial charge in [-0.15, -0.1) is 0 Å². The highest BCUT2D eigenvalue weighted by molar-refractivity contribution is 5.91. The lowest BCUT2D eigenvalue weighted by atomic mass is 10.3. The van der Waals surface area contributed by atoms with Crippen LogP contribution < -0.4 is 0 Å². The Bertz CT molecular complexity index is 489. The summed E-state index contributed by atoms with van der Waals surface area (Å²) in [5.74, 6) is 0.384. The monoisotopic (exact) mass is 202 g/mol. The molecule has 2 aromatic heterocycles. The van der Waals surface area contributed by atoms with Crippen molar-refractivity contribution in [3.8, 4) is 11.3 Å². The fourth-order valence-corrected chi connectivity index (χ4v) is 1.36. The summed E-state index contributed by atoms with van der Waals surface area (Å²) in [5, 5.41) is 0. The van der Waals surface area contributed by atoms with Crippen molar-refractivity contribution in [1.29, 1.82) is 0 Å². The molecule has 2 heterocycles. The molecule has 2 rings (SSSR count). The highest BCUT2D eigenvalue weighted by atomic mass is 16.1. The van der Waals surface area contributed by atoms with E-state index in [4.69, 9.17) is 0 Å². The fourth-order valence-electron chi connectivity index (χ4n) is 1.36. The van der Waals surface area contributed by atoms with Gasteiger partial charge in [0.1, 0.15) is 6.33 Å². The highest BCUT2D eigenvalue weighted by Crippen LogP contribution is 2.15. The molecule has 15 heavy (non-hydrogen) atoms. The predicted molar refractivity (Wildman–Crippen MR) is 54.2 cm³/mol. The van der Waals surface area contributed by atoms with Gasteiger partial charge in [-0.1, -0.05) is 0 Å². The van der Waals surface area contributed by atoms with Crippen molar-refractivity contribution in [1.82, 2.24) is 19.5 Å². The second-order valence-electron chi connectivity index (χ2n) is 3.24. The molecular weight excluding hydrogens is 192 g/mol. The summed E-state index contributed by atoms with van der Waals surface area (Å²) >= 11 is 0. The predicted octanol–water partition coefficient (Wildman–Crippen LogP) is 1.08. The number of aromatic nitrogens is 4. The number of hydrogen-bond donors (Lipinski definition) is 0. The summed E-state index contributed by atoms with van der Waals surface area (Å²) < 4.78 is 1.70. The molecule has 0 N–H and O–H groups in total. The first-order valence-corrected chi connectivity index (χ1v) is 4.48. The van der Waals surface area contributed by atoms with E-state index in [-0.39, 0.29) is 5.78 Å². The molecule has 0 aromatic carbocycles. The molecule has 0 saturated heterocycles. The highest BCUT2D eigenvalue weighted by Gasteiger charge is 2.10. The maximum Gasteiger partial charge on any atom is 0.195 e. The van der Waals surface area contributed by atoms with Crippen LogP contribution in [0.2, 0.25) is 0 Å². The van der Waals surface area contributed by atoms with Crippen molar-refractivity contribution in [2.45, 2.75) is 6.92 Å². The summed E-state index contributed by atoms with van der Waals surface area (Å²) in [5.41, 5.74) is 1.52. The number of hydrogen-bond acceptors (Lipinski definition) is 4. The van der Waals surface area contributed by atoms with Crippen LogP contribution in [0.1, 0.15) is 17.5 Å². The zero-order chi connectivity index (χ0) is 10.8. The van der Waals surface area contributed by atoms with Crippen LogP contribution in [0.25, 0.3) is 11.3 Å². The number of imidazole rings is 1. The van der Waals surface area contributed by atoms with E-state index in [2.05, 4.69) is 15.0 Å². The third-order valence-corrected chi connectivity index (χ3v) is 2.05. The van der Waals surface area contributed by atoms with Crippen molar-refractivity contribution in [2.75, 3.05) is 0 Å². The Kier molecular flexibility index (Phi) is 2.29. The first-order valence-electron chi connectivity index (χ1n) is 4.48. The lowest BCUT2D eigenvalue weighted by Gasteiger charge is -1.92. The molecule has 0 saturated carbocycles. The normalized spacial score (nSPS) is 10.3. The molecule has 0 radical (unpaired) electrons. The topological polar surface area (TPSA) is 60.7 Å². The Morgan fingerprint density at radius 1 is 1.33 bits per heavy atom. The summed E-state index contributed by atoms with van der Waals surface area (Å²) in [4.78, 5) is 23.2. The van der Waals surface area contributed by atoms with Crippen molar-refractivity contribution < 1.29 is 4.79 Å². The molecule has 0 bridgehead atoms. The Morgan fingerprint density at radius 3 is 2.53 bits per heavy atom. The molecule has 76 valence electrons. The van der Waals surface area contributed by atoms with Gasteiger partial charge in [-0.2, -0.15) is 0 Å². The Balaban J connectivity index is 2.48. The van der Waals surface area contributed by atoms with E-state index in [1.54, 1.807) is 30.2 Å². The van der Waals surface area contributed by atoms with E-state index in [0.29, 0.717) is 11.5 Å².